The van der Waals surface area contributed by atoms with Crippen LogP contribution in [0, 0.1) is 0 Å². The number of pyridine rings is 1. The molecule has 0 aromatic carbocycles. The average Bonchev–Trinajstić information content (AvgIpc) is 2.97. The standard InChI is InChI=1S/C35H62N2O3/c1-2-3-4-5-6-12-16-19-23-28-35(40)36-33(32-38)34(39)27-22-18-15-13-10-8-7-9-11-14-17-20-24-29-37-30-25-21-26-31-37/h21-22,25-27,30-31,33-34,38-39H,2-20,23-24,28-29,32H2,1H3/p+1/b27-22+/t33-,34+/m0/s1. The molecule has 0 saturated carbocycles. The van der Waals surface area contributed by atoms with Crippen LogP contribution < -0.4 is 9.88 Å². The van der Waals surface area contributed by atoms with Crippen molar-refractivity contribution in [3.63, 3.8) is 0 Å². The molecule has 3 N–H and O–H groups in total. The second kappa shape index (κ2) is 27.4. The summed E-state index contributed by atoms with van der Waals surface area (Å²) in [5.74, 6) is -0.0726. The Morgan fingerprint density at radius 2 is 1.23 bits per heavy atom. The topological polar surface area (TPSA) is 73.4 Å². The fraction of sp³-hybridized carbons (Fsp3) is 0.771. The quantitative estimate of drug-likeness (QED) is 0.0554. The molecule has 5 nitrogen and oxygen atoms in total. The van der Waals surface area contributed by atoms with Crippen LogP contribution in [0.25, 0.3) is 0 Å². The van der Waals surface area contributed by atoms with Gasteiger partial charge in [0, 0.05) is 25.0 Å². The molecule has 0 unspecified atom stereocenters. The van der Waals surface area contributed by atoms with Gasteiger partial charge in [-0.2, -0.15) is 0 Å². The van der Waals surface area contributed by atoms with Gasteiger partial charge in [-0.3, -0.25) is 4.79 Å². The van der Waals surface area contributed by atoms with E-state index in [1.807, 2.05) is 6.08 Å². The molecule has 0 saturated heterocycles. The predicted octanol–water partition coefficient (Wildman–Crippen LogP) is 7.97. The first-order valence-electron chi connectivity index (χ1n) is 16.9. The number of aromatic nitrogens is 1. The molecule has 40 heavy (non-hydrogen) atoms. The molecule has 2 atom stereocenters. The number of carbonyl (C=O) groups is 1. The van der Waals surface area contributed by atoms with Crippen molar-refractivity contribution in [2.45, 2.75) is 167 Å². The van der Waals surface area contributed by atoms with Gasteiger partial charge in [-0.15, -0.1) is 0 Å². The number of rotatable bonds is 28. The highest BCUT2D eigenvalue weighted by atomic mass is 16.3. The molecular weight excluding hydrogens is 496 g/mol. The van der Waals surface area contributed by atoms with Crippen molar-refractivity contribution in [3.8, 4) is 0 Å². The summed E-state index contributed by atoms with van der Waals surface area (Å²) in [5.41, 5.74) is 0. The molecule has 0 bridgehead atoms. The first-order valence-corrected chi connectivity index (χ1v) is 16.9. The Labute approximate surface area is 246 Å². The van der Waals surface area contributed by atoms with Crippen molar-refractivity contribution in [3.05, 3.63) is 42.7 Å². The summed E-state index contributed by atoms with van der Waals surface area (Å²) in [4.78, 5) is 12.2. The van der Waals surface area contributed by atoms with Crippen molar-refractivity contribution in [1.82, 2.24) is 5.32 Å². The zero-order chi connectivity index (χ0) is 28.9. The molecule has 0 spiro atoms. The van der Waals surface area contributed by atoms with Gasteiger partial charge >= 0.3 is 0 Å². The molecule has 0 fully saturated rings. The van der Waals surface area contributed by atoms with Crippen molar-refractivity contribution in [2.24, 2.45) is 0 Å². The SMILES string of the molecule is CCCCCCCCCCCC(=O)N[C@@H](CO)[C@H](O)/C=C/CCCCCCCCCCCCC[n+]1ccccc1. The number of nitrogens with one attached hydrogen (secondary N) is 1. The lowest BCUT2D eigenvalue weighted by Gasteiger charge is -2.20. The van der Waals surface area contributed by atoms with Gasteiger partial charge in [0.05, 0.1) is 18.8 Å². The number of aliphatic hydroxyl groups is 2. The van der Waals surface area contributed by atoms with Crippen molar-refractivity contribution in [2.75, 3.05) is 6.61 Å². The number of hydrogen-bond donors (Lipinski definition) is 3. The van der Waals surface area contributed by atoms with Crippen LogP contribution in [0.3, 0.4) is 0 Å². The Kier molecular flexibility index (Phi) is 24.9. The minimum atomic E-state index is -0.839. The molecule has 0 aliphatic heterocycles. The third-order valence-corrected chi connectivity index (χ3v) is 7.86. The second-order valence-electron chi connectivity index (χ2n) is 11.6. The van der Waals surface area contributed by atoms with E-state index in [1.54, 1.807) is 6.08 Å². The Morgan fingerprint density at radius 1 is 0.725 bits per heavy atom. The van der Waals surface area contributed by atoms with E-state index >= 15 is 0 Å². The fourth-order valence-electron chi connectivity index (χ4n) is 5.21. The van der Waals surface area contributed by atoms with Crippen LogP contribution >= 0.6 is 0 Å². The fourth-order valence-corrected chi connectivity index (χ4v) is 5.21. The number of amides is 1. The average molecular weight is 560 g/mol. The summed E-state index contributed by atoms with van der Waals surface area (Å²) in [6.45, 7) is 3.12. The number of unbranched alkanes of at least 4 members (excludes halogenated alkanes) is 19. The van der Waals surface area contributed by atoms with Crippen LogP contribution in [0.15, 0.2) is 42.7 Å². The number of carbonyl (C=O) groups excluding carboxylic acids is 1. The maximum atomic E-state index is 12.2. The number of nitrogens with zero attached hydrogens (tertiary/aromatic N) is 1. The molecule has 1 amide bonds. The minimum Gasteiger partial charge on any atom is -0.394 e. The van der Waals surface area contributed by atoms with Gasteiger partial charge in [0.1, 0.15) is 6.54 Å². The maximum Gasteiger partial charge on any atom is 0.220 e. The number of aryl methyl sites for hydroxylation is 1. The van der Waals surface area contributed by atoms with E-state index in [0.717, 1.165) is 32.2 Å². The third kappa shape index (κ3) is 22.0. The number of hydrogen-bond acceptors (Lipinski definition) is 3. The second-order valence-corrected chi connectivity index (χ2v) is 11.6. The summed E-state index contributed by atoms with van der Waals surface area (Å²) in [7, 11) is 0. The summed E-state index contributed by atoms with van der Waals surface area (Å²) in [6.07, 6.45) is 33.9. The Balaban J connectivity index is 1.92. The molecular formula is C35H63N2O3+. The summed E-state index contributed by atoms with van der Waals surface area (Å²) in [6, 6.07) is 5.64. The molecule has 1 rings (SSSR count). The summed E-state index contributed by atoms with van der Waals surface area (Å²) < 4.78 is 2.27. The zero-order valence-electron chi connectivity index (χ0n) is 25.9. The van der Waals surface area contributed by atoms with E-state index in [9.17, 15) is 15.0 Å². The Hall–Kier alpha value is -1.72. The molecule has 0 aliphatic carbocycles. The van der Waals surface area contributed by atoms with E-state index in [4.69, 9.17) is 0 Å². The van der Waals surface area contributed by atoms with Gasteiger partial charge in [0.15, 0.2) is 12.4 Å². The highest BCUT2D eigenvalue weighted by Crippen LogP contribution is 2.13. The van der Waals surface area contributed by atoms with Crippen molar-refractivity contribution >= 4 is 5.91 Å². The van der Waals surface area contributed by atoms with Gasteiger partial charge in [-0.05, 0) is 25.7 Å². The van der Waals surface area contributed by atoms with Crippen LogP contribution in [-0.4, -0.2) is 34.9 Å². The highest BCUT2D eigenvalue weighted by molar-refractivity contribution is 5.76. The van der Waals surface area contributed by atoms with E-state index in [-0.39, 0.29) is 12.5 Å². The molecule has 0 aliphatic rings. The van der Waals surface area contributed by atoms with E-state index in [0.29, 0.717) is 6.42 Å². The van der Waals surface area contributed by atoms with Gasteiger partial charge in [-0.1, -0.05) is 128 Å². The minimum absolute atomic E-state index is 0.0726. The first kappa shape index (κ1) is 36.3. The predicted molar refractivity (Wildman–Crippen MR) is 168 cm³/mol. The lowest BCUT2D eigenvalue weighted by atomic mass is 10.0. The lowest BCUT2D eigenvalue weighted by molar-refractivity contribution is -0.697. The van der Waals surface area contributed by atoms with Gasteiger partial charge in [0.2, 0.25) is 5.91 Å². The van der Waals surface area contributed by atoms with E-state index in [2.05, 4.69) is 47.4 Å². The number of allylic oxidation sites excluding steroid dienone is 1. The largest absolute Gasteiger partial charge is 0.394 e. The Morgan fingerprint density at radius 3 is 1.77 bits per heavy atom. The van der Waals surface area contributed by atoms with Crippen molar-refractivity contribution in [1.29, 1.82) is 0 Å². The molecule has 1 aromatic rings. The normalized spacial score (nSPS) is 13.1. The number of aliphatic hydroxyl groups excluding tert-OH is 2. The van der Waals surface area contributed by atoms with E-state index in [1.165, 1.54) is 109 Å². The van der Waals surface area contributed by atoms with Gasteiger partial charge in [-0.25, -0.2) is 4.57 Å². The Bertz CT molecular complexity index is 710. The monoisotopic (exact) mass is 559 g/mol. The first-order chi connectivity index (χ1) is 19.7. The maximum absolute atomic E-state index is 12.2. The smallest absolute Gasteiger partial charge is 0.220 e. The van der Waals surface area contributed by atoms with Gasteiger partial charge in [0.25, 0.3) is 0 Å². The molecule has 1 heterocycles. The summed E-state index contributed by atoms with van der Waals surface area (Å²) >= 11 is 0. The zero-order valence-corrected chi connectivity index (χ0v) is 25.9. The van der Waals surface area contributed by atoms with E-state index < -0.39 is 12.1 Å². The summed E-state index contributed by atoms with van der Waals surface area (Å²) in [5, 5.41) is 22.8. The molecule has 5 heteroatoms. The molecule has 1 aromatic heterocycles. The lowest BCUT2D eigenvalue weighted by Crippen LogP contribution is -2.45. The molecule has 230 valence electrons. The third-order valence-electron chi connectivity index (χ3n) is 7.86. The van der Waals surface area contributed by atoms with Crippen molar-refractivity contribution < 1.29 is 19.6 Å². The van der Waals surface area contributed by atoms with Gasteiger partial charge < -0.3 is 15.5 Å². The van der Waals surface area contributed by atoms with Crippen LogP contribution in [0.5, 0.6) is 0 Å². The van der Waals surface area contributed by atoms with Crippen LogP contribution in [0.1, 0.15) is 148 Å². The molecule has 0 radical (unpaired) electrons. The van der Waals surface area contributed by atoms with Crippen LogP contribution in [0.2, 0.25) is 0 Å². The highest BCUT2D eigenvalue weighted by Gasteiger charge is 2.17. The van der Waals surface area contributed by atoms with Crippen LogP contribution in [0.4, 0.5) is 0 Å². The van der Waals surface area contributed by atoms with Crippen LogP contribution in [-0.2, 0) is 11.3 Å².